The first kappa shape index (κ1) is 11.1. The molecule has 0 atom stereocenters. The molecule has 5 nitrogen and oxygen atoms in total. The van der Waals surface area contributed by atoms with Gasteiger partial charge in [-0.3, -0.25) is 0 Å². The van der Waals surface area contributed by atoms with Crippen LogP contribution in [0.25, 0.3) is 0 Å². The predicted octanol–water partition coefficient (Wildman–Crippen LogP) is 2.09. The van der Waals surface area contributed by atoms with Gasteiger partial charge in [0, 0.05) is 11.1 Å². The zero-order valence-electron chi connectivity index (χ0n) is 8.57. The Morgan fingerprint density at radius 3 is 2.94 bits per heavy atom. The van der Waals surface area contributed by atoms with Crippen LogP contribution >= 0.6 is 22.9 Å². The summed E-state index contributed by atoms with van der Waals surface area (Å²) in [5.41, 5.74) is 5.56. The number of thiazole rings is 1. The molecule has 2 aromatic heterocycles. The van der Waals surface area contributed by atoms with Gasteiger partial charge in [-0.15, -0.1) is 11.3 Å². The topological polar surface area (TPSA) is 76.7 Å². The Hall–Kier alpha value is -1.40. The molecule has 0 saturated carbocycles. The molecule has 0 aromatic carbocycles. The second kappa shape index (κ2) is 4.63. The molecule has 84 valence electrons. The van der Waals surface area contributed by atoms with Crippen LogP contribution in [0.4, 0.5) is 11.6 Å². The van der Waals surface area contributed by atoms with Gasteiger partial charge in [0.2, 0.25) is 0 Å². The minimum Gasteiger partial charge on any atom is -0.382 e. The van der Waals surface area contributed by atoms with E-state index in [-0.39, 0.29) is 5.82 Å². The number of halogens is 1. The number of nitrogens with one attached hydrogen (secondary N) is 1. The number of aromatic nitrogens is 3. The second-order valence-corrected chi connectivity index (χ2v) is 4.84. The molecule has 7 heteroatoms. The van der Waals surface area contributed by atoms with Crippen LogP contribution in [0.1, 0.15) is 9.88 Å². The van der Waals surface area contributed by atoms with E-state index in [1.807, 2.05) is 13.1 Å². The zero-order chi connectivity index (χ0) is 11.5. The molecule has 2 heterocycles. The molecule has 0 saturated heterocycles. The number of hydrogen-bond acceptors (Lipinski definition) is 6. The summed E-state index contributed by atoms with van der Waals surface area (Å²) in [4.78, 5) is 13.2. The van der Waals surface area contributed by atoms with E-state index in [1.165, 1.54) is 11.2 Å². The summed E-state index contributed by atoms with van der Waals surface area (Å²) >= 11 is 7.56. The third-order valence-corrected chi connectivity index (χ3v) is 3.18. The van der Waals surface area contributed by atoms with Crippen LogP contribution in [-0.4, -0.2) is 15.0 Å². The van der Waals surface area contributed by atoms with Gasteiger partial charge in [-0.1, -0.05) is 11.6 Å². The van der Waals surface area contributed by atoms with Gasteiger partial charge in [0.25, 0.3) is 0 Å². The van der Waals surface area contributed by atoms with Crippen molar-refractivity contribution in [1.29, 1.82) is 0 Å². The molecule has 0 amide bonds. The van der Waals surface area contributed by atoms with Crippen molar-refractivity contribution in [2.24, 2.45) is 0 Å². The first-order valence-electron chi connectivity index (χ1n) is 4.58. The highest BCUT2D eigenvalue weighted by molar-refractivity contribution is 7.11. The van der Waals surface area contributed by atoms with Gasteiger partial charge in [0.1, 0.15) is 22.2 Å². The highest BCUT2D eigenvalue weighted by Gasteiger charge is 2.06. The third-order valence-electron chi connectivity index (χ3n) is 1.89. The highest BCUT2D eigenvalue weighted by Crippen LogP contribution is 2.24. The van der Waals surface area contributed by atoms with E-state index in [4.69, 9.17) is 17.3 Å². The Morgan fingerprint density at radius 2 is 2.25 bits per heavy atom. The molecule has 3 N–H and O–H groups in total. The Labute approximate surface area is 102 Å². The maximum atomic E-state index is 5.94. The summed E-state index contributed by atoms with van der Waals surface area (Å²) < 4.78 is 0. The van der Waals surface area contributed by atoms with Gasteiger partial charge in [0.15, 0.2) is 5.82 Å². The standard InChI is InChI=1S/C9H10ClN5S/c1-5-2-12-6(16-5)3-13-9-7(10)8(11)14-4-15-9/h2,4H,3H2,1H3,(H3,11,13,14,15). The Bertz CT molecular complexity index is 498. The fourth-order valence-electron chi connectivity index (χ4n) is 1.15. The van der Waals surface area contributed by atoms with E-state index >= 15 is 0 Å². The van der Waals surface area contributed by atoms with Crippen LogP contribution in [0.5, 0.6) is 0 Å². The molecule has 0 spiro atoms. The van der Waals surface area contributed by atoms with Gasteiger partial charge < -0.3 is 11.1 Å². The lowest BCUT2D eigenvalue weighted by molar-refractivity contribution is 1.06. The molecular formula is C9H10ClN5S. The smallest absolute Gasteiger partial charge is 0.150 e. The van der Waals surface area contributed by atoms with E-state index in [9.17, 15) is 0 Å². The van der Waals surface area contributed by atoms with Crippen molar-refractivity contribution < 1.29 is 0 Å². The van der Waals surface area contributed by atoms with Crippen molar-refractivity contribution in [3.8, 4) is 0 Å². The molecular weight excluding hydrogens is 246 g/mol. The molecule has 2 aromatic rings. The summed E-state index contributed by atoms with van der Waals surface area (Å²) in [7, 11) is 0. The van der Waals surface area contributed by atoms with Crippen LogP contribution in [0, 0.1) is 6.92 Å². The summed E-state index contributed by atoms with van der Waals surface area (Å²) in [6.07, 6.45) is 3.20. The fourth-order valence-corrected chi connectivity index (χ4v) is 2.04. The van der Waals surface area contributed by atoms with Gasteiger partial charge in [0.05, 0.1) is 6.54 Å². The first-order valence-corrected chi connectivity index (χ1v) is 5.77. The molecule has 0 unspecified atom stereocenters. The van der Waals surface area contributed by atoms with E-state index in [2.05, 4.69) is 20.3 Å². The van der Waals surface area contributed by atoms with Crippen molar-refractivity contribution in [2.75, 3.05) is 11.1 Å². The Balaban J connectivity index is 2.07. The van der Waals surface area contributed by atoms with Gasteiger partial charge in [-0.2, -0.15) is 0 Å². The monoisotopic (exact) mass is 255 g/mol. The minimum atomic E-state index is 0.273. The van der Waals surface area contributed by atoms with Gasteiger partial charge in [-0.05, 0) is 6.92 Å². The van der Waals surface area contributed by atoms with Gasteiger partial charge in [-0.25, -0.2) is 15.0 Å². The zero-order valence-corrected chi connectivity index (χ0v) is 10.1. The van der Waals surface area contributed by atoms with Crippen molar-refractivity contribution in [3.63, 3.8) is 0 Å². The van der Waals surface area contributed by atoms with Crippen molar-refractivity contribution in [1.82, 2.24) is 15.0 Å². The first-order chi connectivity index (χ1) is 7.66. The normalized spacial score (nSPS) is 10.4. The Kier molecular flexibility index (Phi) is 3.21. The SMILES string of the molecule is Cc1cnc(CNc2ncnc(N)c2Cl)s1. The summed E-state index contributed by atoms with van der Waals surface area (Å²) in [5, 5.41) is 4.39. The molecule has 0 aliphatic carbocycles. The summed E-state index contributed by atoms with van der Waals surface area (Å²) in [6.45, 7) is 2.59. The Morgan fingerprint density at radius 1 is 1.44 bits per heavy atom. The van der Waals surface area contributed by atoms with E-state index < -0.39 is 0 Å². The van der Waals surface area contributed by atoms with Crippen LogP contribution in [0.2, 0.25) is 5.02 Å². The van der Waals surface area contributed by atoms with E-state index in [1.54, 1.807) is 11.3 Å². The predicted molar refractivity (Wildman–Crippen MR) is 65.6 cm³/mol. The number of anilines is 2. The van der Waals surface area contributed by atoms with Crippen molar-refractivity contribution >= 4 is 34.6 Å². The van der Waals surface area contributed by atoms with E-state index in [0.29, 0.717) is 17.4 Å². The van der Waals surface area contributed by atoms with Crippen LogP contribution in [0.3, 0.4) is 0 Å². The second-order valence-electron chi connectivity index (χ2n) is 3.14. The molecule has 16 heavy (non-hydrogen) atoms. The molecule has 0 fully saturated rings. The lowest BCUT2D eigenvalue weighted by Gasteiger charge is -2.05. The number of nitrogens with two attached hydrogens (primary N) is 1. The van der Waals surface area contributed by atoms with Gasteiger partial charge >= 0.3 is 0 Å². The summed E-state index contributed by atoms with van der Waals surface area (Å²) in [6, 6.07) is 0. The molecule has 0 aliphatic rings. The van der Waals surface area contributed by atoms with Crippen LogP contribution in [-0.2, 0) is 6.54 Å². The average molecular weight is 256 g/mol. The van der Waals surface area contributed by atoms with Crippen molar-refractivity contribution in [3.05, 3.63) is 27.4 Å². The number of rotatable bonds is 3. The number of nitrogen functional groups attached to an aromatic ring is 1. The lowest BCUT2D eigenvalue weighted by Crippen LogP contribution is -2.04. The fraction of sp³-hybridized carbons (Fsp3) is 0.222. The summed E-state index contributed by atoms with van der Waals surface area (Å²) in [5.74, 6) is 0.802. The number of nitrogens with zero attached hydrogens (tertiary/aromatic N) is 3. The highest BCUT2D eigenvalue weighted by atomic mass is 35.5. The third kappa shape index (κ3) is 2.40. The average Bonchev–Trinajstić information content (AvgIpc) is 2.67. The molecule has 2 rings (SSSR count). The lowest BCUT2D eigenvalue weighted by atomic mass is 10.5. The number of hydrogen-bond donors (Lipinski definition) is 2. The quantitative estimate of drug-likeness (QED) is 0.878. The largest absolute Gasteiger partial charge is 0.382 e. The van der Waals surface area contributed by atoms with Crippen LogP contribution in [0.15, 0.2) is 12.5 Å². The maximum absolute atomic E-state index is 5.94. The molecule has 0 bridgehead atoms. The molecule has 0 radical (unpaired) electrons. The van der Waals surface area contributed by atoms with Crippen LogP contribution < -0.4 is 11.1 Å². The van der Waals surface area contributed by atoms with Crippen molar-refractivity contribution in [2.45, 2.75) is 13.5 Å². The van der Waals surface area contributed by atoms with E-state index in [0.717, 1.165) is 5.01 Å². The maximum Gasteiger partial charge on any atom is 0.150 e. The number of aryl methyl sites for hydroxylation is 1. The minimum absolute atomic E-state index is 0.273. The molecule has 0 aliphatic heterocycles.